The summed E-state index contributed by atoms with van der Waals surface area (Å²) in [5.74, 6) is 0.277. The van der Waals surface area contributed by atoms with E-state index in [2.05, 4.69) is 11.7 Å². The number of ether oxygens (including phenoxy) is 2. The van der Waals surface area contributed by atoms with Gasteiger partial charge in [-0.2, -0.15) is 0 Å². The van der Waals surface area contributed by atoms with Gasteiger partial charge in [0.1, 0.15) is 5.75 Å². The Kier molecular flexibility index (Phi) is 3.98. The molecule has 0 amide bonds. The largest absolute Gasteiger partial charge is 0.482 e. The molecular formula is C11H13O3. The molecule has 1 aromatic carbocycles. The molecular weight excluding hydrogens is 180 g/mol. The van der Waals surface area contributed by atoms with Crippen molar-refractivity contribution >= 4 is 5.97 Å². The Morgan fingerprint density at radius 2 is 2.00 bits per heavy atom. The van der Waals surface area contributed by atoms with Crippen molar-refractivity contribution in [3.05, 3.63) is 36.8 Å². The molecule has 0 saturated carbocycles. The molecule has 0 aromatic heterocycles. The molecule has 0 unspecified atom stereocenters. The zero-order valence-electron chi connectivity index (χ0n) is 8.16. The second kappa shape index (κ2) is 5.27. The van der Waals surface area contributed by atoms with E-state index in [1.165, 1.54) is 7.11 Å². The highest BCUT2D eigenvalue weighted by molar-refractivity contribution is 5.70. The van der Waals surface area contributed by atoms with Crippen LogP contribution in [0.4, 0.5) is 0 Å². The fourth-order valence-corrected chi connectivity index (χ4v) is 0.954. The Hall–Kier alpha value is -1.51. The molecule has 0 aliphatic rings. The van der Waals surface area contributed by atoms with Crippen molar-refractivity contribution in [2.45, 2.75) is 6.42 Å². The lowest BCUT2D eigenvalue weighted by Crippen LogP contribution is -2.12. The second-order valence-electron chi connectivity index (χ2n) is 2.76. The van der Waals surface area contributed by atoms with Gasteiger partial charge in [0, 0.05) is 0 Å². The lowest BCUT2D eigenvalue weighted by atomic mass is 10.2. The molecule has 0 bridgehead atoms. The van der Waals surface area contributed by atoms with Gasteiger partial charge in [-0.1, -0.05) is 12.1 Å². The van der Waals surface area contributed by atoms with Gasteiger partial charge < -0.3 is 9.47 Å². The SMILES string of the molecule is [CH2]Cc1ccc(OCC(=O)OC)cc1. The Morgan fingerprint density at radius 3 is 2.50 bits per heavy atom. The molecule has 0 N–H and O–H groups in total. The first-order valence-electron chi connectivity index (χ1n) is 4.34. The molecule has 0 fully saturated rings. The monoisotopic (exact) mass is 193 g/mol. The molecule has 0 atom stereocenters. The fourth-order valence-electron chi connectivity index (χ4n) is 0.954. The first kappa shape index (κ1) is 10.6. The highest BCUT2D eigenvalue weighted by atomic mass is 16.6. The van der Waals surface area contributed by atoms with Crippen LogP contribution in [0, 0.1) is 6.92 Å². The summed E-state index contributed by atoms with van der Waals surface area (Å²) in [6, 6.07) is 7.45. The van der Waals surface area contributed by atoms with Crippen molar-refractivity contribution in [2.75, 3.05) is 13.7 Å². The van der Waals surface area contributed by atoms with Crippen LogP contribution in [0.5, 0.6) is 5.75 Å². The maximum atomic E-state index is 10.8. The molecule has 0 heterocycles. The van der Waals surface area contributed by atoms with E-state index in [-0.39, 0.29) is 12.6 Å². The predicted octanol–water partition coefficient (Wildman–Crippen LogP) is 1.61. The molecule has 0 aliphatic carbocycles. The maximum absolute atomic E-state index is 10.8. The molecule has 1 aromatic rings. The van der Waals surface area contributed by atoms with E-state index < -0.39 is 0 Å². The first-order chi connectivity index (χ1) is 6.76. The average Bonchev–Trinajstić information content (AvgIpc) is 2.26. The third-order valence-corrected chi connectivity index (χ3v) is 1.80. The third-order valence-electron chi connectivity index (χ3n) is 1.80. The van der Waals surface area contributed by atoms with Crippen molar-refractivity contribution in [1.82, 2.24) is 0 Å². The fraction of sp³-hybridized carbons (Fsp3) is 0.273. The van der Waals surface area contributed by atoms with Gasteiger partial charge in [-0.3, -0.25) is 0 Å². The number of esters is 1. The number of hydrogen-bond donors (Lipinski definition) is 0. The minimum absolute atomic E-state index is 0.0553. The smallest absolute Gasteiger partial charge is 0.343 e. The van der Waals surface area contributed by atoms with Crippen molar-refractivity contribution in [3.8, 4) is 5.75 Å². The lowest BCUT2D eigenvalue weighted by molar-refractivity contribution is -0.142. The minimum Gasteiger partial charge on any atom is -0.482 e. The number of hydrogen-bond acceptors (Lipinski definition) is 3. The molecule has 3 nitrogen and oxygen atoms in total. The van der Waals surface area contributed by atoms with Crippen molar-refractivity contribution in [1.29, 1.82) is 0 Å². The van der Waals surface area contributed by atoms with E-state index >= 15 is 0 Å². The number of benzene rings is 1. The summed E-state index contributed by atoms with van der Waals surface area (Å²) in [7, 11) is 1.33. The number of carbonyl (C=O) groups excluding carboxylic acids is 1. The van der Waals surface area contributed by atoms with Crippen molar-refractivity contribution in [3.63, 3.8) is 0 Å². The van der Waals surface area contributed by atoms with Gasteiger partial charge in [-0.25, -0.2) is 4.79 Å². The van der Waals surface area contributed by atoms with Gasteiger partial charge in [0.2, 0.25) is 0 Å². The second-order valence-corrected chi connectivity index (χ2v) is 2.76. The molecule has 1 rings (SSSR count). The highest BCUT2D eigenvalue weighted by Gasteiger charge is 2.00. The van der Waals surface area contributed by atoms with E-state index in [1.54, 1.807) is 0 Å². The molecule has 75 valence electrons. The van der Waals surface area contributed by atoms with Crippen molar-refractivity contribution in [2.24, 2.45) is 0 Å². The molecule has 14 heavy (non-hydrogen) atoms. The molecule has 0 aliphatic heterocycles. The van der Waals surface area contributed by atoms with Gasteiger partial charge in [-0.15, -0.1) is 0 Å². The summed E-state index contributed by atoms with van der Waals surface area (Å²) in [5.41, 5.74) is 1.13. The molecule has 0 spiro atoms. The van der Waals surface area contributed by atoms with E-state index in [4.69, 9.17) is 4.74 Å². The first-order valence-corrected chi connectivity index (χ1v) is 4.34. The Bertz CT molecular complexity index is 290. The summed E-state index contributed by atoms with van der Waals surface area (Å²) in [5, 5.41) is 0. The number of carbonyl (C=O) groups is 1. The number of rotatable bonds is 4. The van der Waals surface area contributed by atoms with Crippen LogP contribution >= 0.6 is 0 Å². The van der Waals surface area contributed by atoms with Crippen LogP contribution in [-0.4, -0.2) is 19.7 Å². The molecule has 1 radical (unpaired) electrons. The zero-order valence-corrected chi connectivity index (χ0v) is 8.16. The third kappa shape index (κ3) is 3.09. The van der Waals surface area contributed by atoms with Crippen molar-refractivity contribution < 1.29 is 14.3 Å². The quantitative estimate of drug-likeness (QED) is 0.681. The summed E-state index contributed by atoms with van der Waals surface area (Å²) >= 11 is 0. The van der Waals surface area contributed by atoms with Gasteiger partial charge in [-0.05, 0) is 31.0 Å². The molecule has 3 heteroatoms. The number of methoxy groups -OCH3 is 1. The topological polar surface area (TPSA) is 35.5 Å². The average molecular weight is 193 g/mol. The zero-order chi connectivity index (χ0) is 10.4. The van der Waals surface area contributed by atoms with Crippen LogP contribution in [0.2, 0.25) is 0 Å². The predicted molar refractivity (Wildman–Crippen MR) is 53.0 cm³/mol. The normalized spacial score (nSPS) is 9.57. The minimum atomic E-state index is -0.383. The Morgan fingerprint density at radius 1 is 1.36 bits per heavy atom. The van der Waals surface area contributed by atoms with Crippen LogP contribution in [0.1, 0.15) is 5.56 Å². The van der Waals surface area contributed by atoms with Gasteiger partial charge >= 0.3 is 5.97 Å². The Balaban J connectivity index is 2.47. The summed E-state index contributed by atoms with van der Waals surface area (Å²) in [6.07, 6.45) is 0.747. The lowest BCUT2D eigenvalue weighted by Gasteiger charge is -2.04. The van der Waals surface area contributed by atoms with E-state index in [9.17, 15) is 4.79 Å². The van der Waals surface area contributed by atoms with Crippen LogP contribution in [-0.2, 0) is 16.0 Å². The van der Waals surface area contributed by atoms with Gasteiger partial charge in [0.25, 0.3) is 0 Å². The summed E-state index contributed by atoms with van der Waals surface area (Å²) < 4.78 is 9.61. The Labute approximate surface area is 83.6 Å². The van der Waals surface area contributed by atoms with Crippen LogP contribution in [0.3, 0.4) is 0 Å². The summed E-state index contributed by atoms with van der Waals surface area (Å²) in [4.78, 5) is 10.8. The van der Waals surface area contributed by atoms with Crippen LogP contribution in [0.25, 0.3) is 0 Å². The van der Waals surface area contributed by atoms with E-state index in [0.29, 0.717) is 5.75 Å². The van der Waals surface area contributed by atoms with E-state index in [0.717, 1.165) is 12.0 Å². The standard InChI is InChI=1S/C11H13O3/c1-3-9-4-6-10(7-5-9)14-8-11(12)13-2/h4-7H,1,3,8H2,2H3. The summed E-state index contributed by atoms with van der Waals surface area (Å²) in [6.45, 7) is 3.70. The van der Waals surface area contributed by atoms with Crippen LogP contribution in [0.15, 0.2) is 24.3 Å². The maximum Gasteiger partial charge on any atom is 0.343 e. The van der Waals surface area contributed by atoms with Crippen LogP contribution < -0.4 is 4.74 Å². The van der Waals surface area contributed by atoms with E-state index in [1.807, 2.05) is 24.3 Å². The highest BCUT2D eigenvalue weighted by Crippen LogP contribution is 2.12. The van der Waals surface area contributed by atoms with Gasteiger partial charge in [0.05, 0.1) is 7.11 Å². The van der Waals surface area contributed by atoms with Gasteiger partial charge in [0.15, 0.2) is 6.61 Å². The molecule has 0 saturated heterocycles.